The van der Waals surface area contributed by atoms with E-state index in [1.54, 1.807) is 0 Å². The first-order valence-corrected chi connectivity index (χ1v) is 12.9. The largest absolute Gasteiger partial charge is 0.112 e. The molecule has 0 nitrogen and oxygen atoms in total. The highest BCUT2D eigenvalue weighted by atomic mass is 127. The Labute approximate surface area is 178 Å². The Morgan fingerprint density at radius 2 is 1.04 bits per heavy atom. The standard InChI is InChI=1S/C25H27IP/c26-21-13-2-1-3-14-22-27(23-15-7-4-8-16-23,24-17-9-5-10-18-24)25-19-11-6-12-20-25/h4-13,15-21H,1-3,14,22H2/q+1/b21-13+. The highest BCUT2D eigenvalue weighted by molar-refractivity contribution is 14.1. The van der Waals surface area contributed by atoms with Crippen molar-refractivity contribution in [3.63, 3.8) is 0 Å². The SMILES string of the molecule is I/C=C/CCCCC[P+](c1ccccc1)(c1ccccc1)c1ccccc1. The van der Waals surface area contributed by atoms with Gasteiger partial charge in [0.05, 0.1) is 6.16 Å². The minimum absolute atomic E-state index is 1.19. The summed E-state index contributed by atoms with van der Waals surface area (Å²) in [5.74, 6) is 0. The van der Waals surface area contributed by atoms with Crippen molar-refractivity contribution in [3.05, 3.63) is 101 Å². The topological polar surface area (TPSA) is 0 Å². The van der Waals surface area contributed by atoms with Crippen molar-refractivity contribution in [1.82, 2.24) is 0 Å². The summed E-state index contributed by atoms with van der Waals surface area (Å²) in [4.78, 5) is 0. The third-order valence-corrected chi connectivity index (χ3v) is 10.1. The van der Waals surface area contributed by atoms with Gasteiger partial charge in [-0.25, -0.2) is 0 Å². The second kappa shape index (κ2) is 10.8. The molecule has 0 radical (unpaired) electrons. The van der Waals surface area contributed by atoms with Crippen LogP contribution in [-0.4, -0.2) is 6.16 Å². The summed E-state index contributed by atoms with van der Waals surface area (Å²) < 4.78 is 2.13. The maximum Gasteiger partial charge on any atom is 0.112 e. The third-order valence-electron chi connectivity index (χ3n) is 5.04. The van der Waals surface area contributed by atoms with Gasteiger partial charge in [0.2, 0.25) is 0 Å². The molecule has 0 bridgehead atoms. The zero-order valence-corrected chi connectivity index (χ0v) is 18.7. The summed E-state index contributed by atoms with van der Waals surface area (Å²) in [6.45, 7) is 0. The fraction of sp³-hybridized carbons (Fsp3) is 0.200. The number of halogens is 1. The predicted molar refractivity (Wildman–Crippen MR) is 132 cm³/mol. The average Bonchev–Trinajstić information content (AvgIpc) is 2.75. The summed E-state index contributed by atoms with van der Waals surface area (Å²) in [7, 11) is -1.63. The first kappa shape index (κ1) is 20.3. The van der Waals surface area contributed by atoms with Crippen LogP contribution < -0.4 is 15.9 Å². The molecular formula is C25H27IP+. The molecule has 0 saturated carbocycles. The van der Waals surface area contributed by atoms with Crippen molar-refractivity contribution in [2.75, 3.05) is 6.16 Å². The Kier molecular flexibility index (Phi) is 8.10. The van der Waals surface area contributed by atoms with Crippen LogP contribution in [0.25, 0.3) is 0 Å². The Balaban J connectivity index is 2.00. The van der Waals surface area contributed by atoms with E-state index >= 15 is 0 Å². The number of unbranched alkanes of at least 4 members (excludes halogenated alkanes) is 3. The van der Waals surface area contributed by atoms with E-state index in [9.17, 15) is 0 Å². The molecule has 0 atom stereocenters. The van der Waals surface area contributed by atoms with E-state index < -0.39 is 7.26 Å². The Bertz CT molecular complexity index is 716. The molecule has 2 heteroatoms. The van der Waals surface area contributed by atoms with Gasteiger partial charge < -0.3 is 0 Å². The number of allylic oxidation sites excluding steroid dienone is 1. The fourth-order valence-electron chi connectivity index (χ4n) is 3.73. The van der Waals surface area contributed by atoms with Gasteiger partial charge >= 0.3 is 0 Å². The van der Waals surface area contributed by atoms with E-state index in [0.29, 0.717) is 0 Å². The molecule has 138 valence electrons. The molecule has 0 amide bonds. The van der Waals surface area contributed by atoms with Crippen LogP contribution in [0, 0.1) is 0 Å². The monoisotopic (exact) mass is 485 g/mol. The molecule has 3 aromatic rings. The Morgan fingerprint density at radius 1 is 0.593 bits per heavy atom. The number of hydrogen-bond donors (Lipinski definition) is 0. The Hall–Kier alpha value is -1.44. The molecular weight excluding hydrogens is 458 g/mol. The molecule has 0 unspecified atom stereocenters. The molecule has 0 aliphatic carbocycles. The molecule has 3 rings (SSSR count). The van der Waals surface area contributed by atoms with Crippen LogP contribution >= 0.6 is 29.9 Å². The summed E-state index contributed by atoms with van der Waals surface area (Å²) in [5, 5.41) is 4.48. The van der Waals surface area contributed by atoms with Gasteiger partial charge in [0.15, 0.2) is 0 Å². The molecule has 0 aliphatic heterocycles. The van der Waals surface area contributed by atoms with Crippen LogP contribution in [0.1, 0.15) is 25.7 Å². The lowest BCUT2D eigenvalue weighted by molar-refractivity contribution is 0.733. The van der Waals surface area contributed by atoms with Gasteiger partial charge in [-0.3, -0.25) is 0 Å². The van der Waals surface area contributed by atoms with Gasteiger partial charge in [0, 0.05) is 0 Å². The van der Waals surface area contributed by atoms with Crippen molar-refractivity contribution in [2.24, 2.45) is 0 Å². The van der Waals surface area contributed by atoms with Crippen molar-refractivity contribution in [2.45, 2.75) is 25.7 Å². The molecule has 0 spiro atoms. The molecule has 0 N–H and O–H groups in total. The van der Waals surface area contributed by atoms with Gasteiger partial charge in [-0.15, -0.1) is 0 Å². The smallest absolute Gasteiger partial charge is 0.0785 e. The van der Waals surface area contributed by atoms with Crippen molar-refractivity contribution in [1.29, 1.82) is 0 Å². The average molecular weight is 485 g/mol. The summed E-state index contributed by atoms with van der Waals surface area (Å²) >= 11 is 2.31. The van der Waals surface area contributed by atoms with E-state index in [1.165, 1.54) is 47.8 Å². The van der Waals surface area contributed by atoms with Gasteiger partial charge in [-0.1, -0.05) is 83.3 Å². The molecule has 0 heterocycles. The maximum atomic E-state index is 2.34. The number of rotatable bonds is 9. The highest BCUT2D eigenvalue weighted by Crippen LogP contribution is 2.55. The maximum absolute atomic E-state index is 2.34. The minimum Gasteiger partial charge on any atom is -0.0785 e. The van der Waals surface area contributed by atoms with Crippen LogP contribution in [0.5, 0.6) is 0 Å². The quantitative estimate of drug-likeness (QED) is 0.185. The van der Waals surface area contributed by atoms with Gasteiger partial charge in [0.25, 0.3) is 0 Å². The van der Waals surface area contributed by atoms with Crippen LogP contribution in [0.15, 0.2) is 101 Å². The molecule has 0 fully saturated rings. The van der Waals surface area contributed by atoms with Crippen LogP contribution in [0.3, 0.4) is 0 Å². The van der Waals surface area contributed by atoms with Crippen LogP contribution in [-0.2, 0) is 0 Å². The summed E-state index contributed by atoms with van der Waals surface area (Å²) in [6.07, 6.45) is 8.53. The number of hydrogen-bond acceptors (Lipinski definition) is 0. The first-order valence-electron chi connectivity index (χ1n) is 9.68. The fourth-order valence-corrected chi connectivity index (χ4v) is 8.50. The van der Waals surface area contributed by atoms with E-state index in [0.717, 1.165) is 0 Å². The zero-order chi connectivity index (χ0) is 18.8. The zero-order valence-electron chi connectivity index (χ0n) is 15.7. The highest BCUT2D eigenvalue weighted by Gasteiger charge is 2.44. The predicted octanol–water partition coefficient (Wildman–Crippen LogP) is 6.49. The van der Waals surface area contributed by atoms with Crippen molar-refractivity contribution < 1.29 is 0 Å². The van der Waals surface area contributed by atoms with E-state index in [4.69, 9.17) is 0 Å². The lowest BCUT2D eigenvalue weighted by Crippen LogP contribution is -2.33. The van der Waals surface area contributed by atoms with Gasteiger partial charge in [0.1, 0.15) is 23.2 Å². The normalized spacial score (nSPS) is 11.7. The number of benzene rings is 3. The Morgan fingerprint density at radius 3 is 1.44 bits per heavy atom. The lowest BCUT2D eigenvalue weighted by atomic mass is 10.2. The van der Waals surface area contributed by atoms with Crippen LogP contribution in [0.4, 0.5) is 0 Å². The first-order chi connectivity index (χ1) is 13.4. The van der Waals surface area contributed by atoms with E-state index in [1.807, 2.05) is 0 Å². The van der Waals surface area contributed by atoms with Crippen molar-refractivity contribution in [3.8, 4) is 0 Å². The lowest BCUT2D eigenvalue weighted by Gasteiger charge is -2.27. The molecule has 3 aromatic carbocycles. The molecule has 27 heavy (non-hydrogen) atoms. The van der Waals surface area contributed by atoms with E-state index in [-0.39, 0.29) is 0 Å². The minimum atomic E-state index is -1.63. The third kappa shape index (κ3) is 5.09. The van der Waals surface area contributed by atoms with Crippen molar-refractivity contribution >= 4 is 45.8 Å². The molecule has 0 saturated heterocycles. The van der Waals surface area contributed by atoms with Gasteiger partial charge in [-0.05, 0) is 66.2 Å². The second-order valence-electron chi connectivity index (χ2n) is 6.75. The van der Waals surface area contributed by atoms with Crippen LogP contribution in [0.2, 0.25) is 0 Å². The summed E-state index contributed by atoms with van der Waals surface area (Å²) in [6, 6.07) is 33.6. The molecule has 0 aliphatic rings. The van der Waals surface area contributed by atoms with Gasteiger partial charge in [-0.2, -0.15) is 0 Å². The molecule has 0 aromatic heterocycles. The second-order valence-corrected chi connectivity index (χ2v) is 11.1. The summed E-state index contributed by atoms with van der Waals surface area (Å²) in [5.41, 5.74) is 0. The van der Waals surface area contributed by atoms with E-state index in [2.05, 4.69) is 124 Å².